The SMILES string of the molecule is CCCCc1ccc2c(F)c(-c3ccc(-c4ccc(C)cc4)cc3)ccc2c1. The van der Waals surface area contributed by atoms with Gasteiger partial charge < -0.3 is 0 Å². The largest absolute Gasteiger partial charge is 0.206 e. The first-order valence-corrected chi connectivity index (χ1v) is 10.0. The molecule has 0 aromatic heterocycles. The number of aryl methyl sites for hydroxylation is 2. The smallest absolute Gasteiger partial charge is 0.138 e. The summed E-state index contributed by atoms with van der Waals surface area (Å²) in [6, 6.07) is 26.7. The van der Waals surface area contributed by atoms with Crippen LogP contribution in [0.15, 0.2) is 78.9 Å². The number of benzene rings is 4. The predicted molar refractivity (Wildman–Crippen MR) is 118 cm³/mol. The van der Waals surface area contributed by atoms with Gasteiger partial charge in [0.1, 0.15) is 5.82 Å². The number of rotatable bonds is 5. The molecule has 28 heavy (non-hydrogen) atoms. The first-order valence-electron chi connectivity index (χ1n) is 10.0. The highest BCUT2D eigenvalue weighted by molar-refractivity contribution is 5.89. The molecule has 0 saturated heterocycles. The Morgan fingerprint density at radius 1 is 0.714 bits per heavy atom. The molecule has 140 valence electrons. The first-order chi connectivity index (χ1) is 13.7. The average molecular weight is 368 g/mol. The minimum absolute atomic E-state index is 0.136. The monoisotopic (exact) mass is 368 g/mol. The van der Waals surface area contributed by atoms with Crippen molar-refractivity contribution in [1.29, 1.82) is 0 Å². The number of fused-ring (bicyclic) bond motifs is 1. The van der Waals surface area contributed by atoms with Gasteiger partial charge >= 0.3 is 0 Å². The van der Waals surface area contributed by atoms with E-state index in [1.54, 1.807) is 0 Å². The third-order valence-electron chi connectivity index (χ3n) is 5.42. The van der Waals surface area contributed by atoms with Crippen LogP contribution in [0.5, 0.6) is 0 Å². The van der Waals surface area contributed by atoms with E-state index in [-0.39, 0.29) is 5.82 Å². The van der Waals surface area contributed by atoms with Crippen LogP contribution >= 0.6 is 0 Å². The zero-order valence-corrected chi connectivity index (χ0v) is 16.5. The van der Waals surface area contributed by atoms with E-state index in [9.17, 15) is 0 Å². The van der Waals surface area contributed by atoms with E-state index in [1.165, 1.54) is 29.5 Å². The van der Waals surface area contributed by atoms with Crippen molar-refractivity contribution in [3.8, 4) is 22.3 Å². The van der Waals surface area contributed by atoms with Crippen molar-refractivity contribution in [2.45, 2.75) is 33.1 Å². The Hall–Kier alpha value is -2.93. The molecule has 0 amide bonds. The molecule has 4 aromatic carbocycles. The molecule has 0 aliphatic heterocycles. The highest BCUT2D eigenvalue weighted by Crippen LogP contribution is 2.31. The zero-order chi connectivity index (χ0) is 19.5. The molecule has 0 aliphatic rings. The lowest BCUT2D eigenvalue weighted by atomic mass is 9.96. The lowest BCUT2D eigenvalue weighted by Crippen LogP contribution is -1.90. The van der Waals surface area contributed by atoms with Crippen molar-refractivity contribution in [3.63, 3.8) is 0 Å². The number of hydrogen-bond donors (Lipinski definition) is 0. The van der Waals surface area contributed by atoms with Crippen LogP contribution in [-0.2, 0) is 6.42 Å². The van der Waals surface area contributed by atoms with Crippen molar-refractivity contribution in [3.05, 3.63) is 95.8 Å². The highest BCUT2D eigenvalue weighted by atomic mass is 19.1. The Morgan fingerprint density at radius 3 is 2.04 bits per heavy atom. The van der Waals surface area contributed by atoms with E-state index in [2.05, 4.69) is 62.4 Å². The van der Waals surface area contributed by atoms with Crippen LogP contribution in [0.4, 0.5) is 4.39 Å². The number of hydrogen-bond acceptors (Lipinski definition) is 0. The Morgan fingerprint density at radius 2 is 1.36 bits per heavy atom. The second-order valence-corrected chi connectivity index (χ2v) is 7.53. The molecule has 1 heteroatoms. The summed E-state index contributed by atoms with van der Waals surface area (Å²) < 4.78 is 15.2. The summed E-state index contributed by atoms with van der Waals surface area (Å²) in [5.74, 6) is -0.136. The Labute approximate surface area is 166 Å². The third-order valence-corrected chi connectivity index (χ3v) is 5.42. The fourth-order valence-corrected chi connectivity index (χ4v) is 3.69. The van der Waals surface area contributed by atoms with Gasteiger partial charge in [-0.05, 0) is 47.4 Å². The Kier molecular flexibility index (Phi) is 5.25. The van der Waals surface area contributed by atoms with Gasteiger partial charge in [0.2, 0.25) is 0 Å². The Bertz CT molecular complexity index is 1090. The van der Waals surface area contributed by atoms with Crippen molar-refractivity contribution in [2.75, 3.05) is 0 Å². The summed E-state index contributed by atoms with van der Waals surface area (Å²) in [6.07, 6.45) is 3.39. The van der Waals surface area contributed by atoms with Gasteiger partial charge in [-0.25, -0.2) is 4.39 Å². The van der Waals surface area contributed by atoms with Gasteiger partial charge in [-0.3, -0.25) is 0 Å². The van der Waals surface area contributed by atoms with Crippen LogP contribution in [0.25, 0.3) is 33.0 Å². The first kappa shape index (κ1) is 18.4. The normalized spacial score (nSPS) is 11.1. The summed E-state index contributed by atoms with van der Waals surface area (Å²) in [6.45, 7) is 4.28. The van der Waals surface area contributed by atoms with Gasteiger partial charge in [-0.2, -0.15) is 0 Å². The summed E-state index contributed by atoms with van der Waals surface area (Å²) >= 11 is 0. The van der Waals surface area contributed by atoms with Crippen LogP contribution in [0, 0.1) is 12.7 Å². The maximum atomic E-state index is 15.2. The minimum atomic E-state index is -0.136. The summed E-state index contributed by atoms with van der Waals surface area (Å²) in [4.78, 5) is 0. The van der Waals surface area contributed by atoms with Crippen LogP contribution in [0.1, 0.15) is 30.9 Å². The van der Waals surface area contributed by atoms with E-state index in [0.717, 1.165) is 22.9 Å². The second kappa shape index (κ2) is 7.98. The third kappa shape index (κ3) is 3.71. The van der Waals surface area contributed by atoms with Crippen LogP contribution in [0.2, 0.25) is 0 Å². The van der Waals surface area contributed by atoms with Crippen molar-refractivity contribution in [1.82, 2.24) is 0 Å². The highest BCUT2D eigenvalue weighted by Gasteiger charge is 2.10. The van der Waals surface area contributed by atoms with Gasteiger partial charge in [0, 0.05) is 10.9 Å². The molecule has 0 atom stereocenters. The molecule has 0 bridgehead atoms. The average Bonchev–Trinajstić information content (AvgIpc) is 2.73. The molecule has 0 radical (unpaired) electrons. The summed E-state index contributed by atoms with van der Waals surface area (Å²) in [5.41, 5.74) is 6.41. The van der Waals surface area contributed by atoms with Gasteiger partial charge in [0.15, 0.2) is 0 Å². The standard InChI is InChI=1S/C27H25F/c1-3-4-5-20-8-16-26-24(18-20)15-17-25(27(26)28)23-13-11-22(12-14-23)21-9-6-19(2)7-10-21/h6-18H,3-5H2,1-2H3. The maximum absolute atomic E-state index is 15.2. The molecule has 0 aliphatic carbocycles. The van der Waals surface area contributed by atoms with E-state index >= 15 is 4.39 Å². The molecule has 0 fully saturated rings. The summed E-state index contributed by atoms with van der Waals surface area (Å²) in [5, 5.41) is 1.67. The van der Waals surface area contributed by atoms with E-state index in [4.69, 9.17) is 0 Å². The molecular weight excluding hydrogens is 343 g/mol. The van der Waals surface area contributed by atoms with Crippen molar-refractivity contribution >= 4 is 10.8 Å². The van der Waals surface area contributed by atoms with E-state index in [1.807, 2.05) is 30.3 Å². The molecule has 4 rings (SSSR count). The molecule has 0 spiro atoms. The number of unbranched alkanes of at least 4 members (excludes halogenated alkanes) is 1. The number of halogens is 1. The van der Waals surface area contributed by atoms with Gasteiger partial charge in [0.25, 0.3) is 0 Å². The topological polar surface area (TPSA) is 0 Å². The molecule has 0 nitrogen and oxygen atoms in total. The van der Waals surface area contributed by atoms with Gasteiger partial charge in [0.05, 0.1) is 0 Å². The lowest BCUT2D eigenvalue weighted by Gasteiger charge is -2.10. The fraction of sp³-hybridized carbons (Fsp3) is 0.185. The Balaban J connectivity index is 1.66. The molecular formula is C27H25F. The molecule has 0 N–H and O–H groups in total. The molecule has 0 saturated carbocycles. The van der Waals surface area contributed by atoms with Gasteiger partial charge in [-0.1, -0.05) is 97.8 Å². The lowest BCUT2D eigenvalue weighted by molar-refractivity contribution is 0.643. The molecule has 4 aromatic rings. The van der Waals surface area contributed by atoms with Crippen LogP contribution in [-0.4, -0.2) is 0 Å². The minimum Gasteiger partial charge on any atom is -0.206 e. The molecule has 0 unspecified atom stereocenters. The van der Waals surface area contributed by atoms with Crippen LogP contribution < -0.4 is 0 Å². The van der Waals surface area contributed by atoms with Crippen molar-refractivity contribution in [2.24, 2.45) is 0 Å². The van der Waals surface area contributed by atoms with E-state index < -0.39 is 0 Å². The fourth-order valence-electron chi connectivity index (χ4n) is 3.69. The second-order valence-electron chi connectivity index (χ2n) is 7.53. The molecule has 0 heterocycles. The predicted octanol–water partition coefficient (Wildman–Crippen LogP) is 7.96. The van der Waals surface area contributed by atoms with Crippen LogP contribution in [0.3, 0.4) is 0 Å². The van der Waals surface area contributed by atoms with Crippen molar-refractivity contribution < 1.29 is 4.39 Å². The summed E-state index contributed by atoms with van der Waals surface area (Å²) in [7, 11) is 0. The van der Waals surface area contributed by atoms with Gasteiger partial charge in [-0.15, -0.1) is 0 Å². The van der Waals surface area contributed by atoms with E-state index in [0.29, 0.717) is 10.9 Å². The maximum Gasteiger partial charge on any atom is 0.138 e. The zero-order valence-electron chi connectivity index (χ0n) is 16.5. The quantitative estimate of drug-likeness (QED) is 0.335.